The van der Waals surface area contributed by atoms with Crippen molar-refractivity contribution in [2.75, 3.05) is 7.11 Å². The van der Waals surface area contributed by atoms with Crippen LogP contribution in [0.3, 0.4) is 0 Å². The lowest BCUT2D eigenvalue weighted by Gasteiger charge is -2.13. The number of carbonyl (C=O) groups excluding carboxylic acids is 1. The number of ether oxygens (including phenoxy) is 1. The summed E-state index contributed by atoms with van der Waals surface area (Å²) in [6, 6.07) is 12.9. The van der Waals surface area contributed by atoms with Crippen molar-refractivity contribution in [3.8, 4) is 0 Å². The van der Waals surface area contributed by atoms with Crippen LogP contribution in [0.25, 0.3) is 0 Å². The fraction of sp³-hybridized carbons (Fsp3) is 0.318. The van der Waals surface area contributed by atoms with Crippen molar-refractivity contribution >= 4 is 16.0 Å². The van der Waals surface area contributed by atoms with Gasteiger partial charge in [-0.2, -0.15) is 4.31 Å². The molecule has 0 amide bonds. The highest BCUT2D eigenvalue weighted by Crippen LogP contribution is 2.40. The van der Waals surface area contributed by atoms with E-state index in [0.717, 1.165) is 22.3 Å². The predicted octanol–water partition coefficient (Wildman–Crippen LogP) is 3.33. The minimum Gasteiger partial charge on any atom is -0.466 e. The summed E-state index contributed by atoms with van der Waals surface area (Å²) in [4.78, 5) is 11.9. The van der Waals surface area contributed by atoms with Crippen LogP contribution < -0.4 is 0 Å². The Hall–Kier alpha value is -2.44. The molecule has 0 spiro atoms. The molecule has 2 aromatic rings. The maximum Gasteiger partial charge on any atom is 0.330 e. The van der Waals surface area contributed by atoms with E-state index in [1.165, 1.54) is 17.5 Å². The van der Waals surface area contributed by atoms with E-state index in [4.69, 9.17) is 0 Å². The van der Waals surface area contributed by atoms with Crippen LogP contribution in [0.2, 0.25) is 0 Å². The van der Waals surface area contributed by atoms with E-state index in [1.807, 2.05) is 63.2 Å². The molecule has 2 aromatic carbocycles. The number of rotatable bonds is 6. The van der Waals surface area contributed by atoms with Crippen molar-refractivity contribution in [3.63, 3.8) is 0 Å². The number of hydrogen-bond donors (Lipinski definition) is 0. The first kappa shape index (κ1) is 20.3. The van der Waals surface area contributed by atoms with Gasteiger partial charge in [-0.3, -0.25) is 0 Å². The highest BCUT2D eigenvalue weighted by atomic mass is 32.2. The molecule has 28 heavy (non-hydrogen) atoms. The van der Waals surface area contributed by atoms with E-state index in [1.54, 1.807) is 6.08 Å². The van der Waals surface area contributed by atoms with Gasteiger partial charge in [0.05, 0.1) is 24.1 Å². The lowest BCUT2D eigenvalue weighted by atomic mass is 10.1. The molecule has 148 valence electrons. The Morgan fingerprint density at radius 3 is 2.29 bits per heavy atom. The maximum absolute atomic E-state index is 13.4. The van der Waals surface area contributed by atoms with Gasteiger partial charge in [0, 0.05) is 6.08 Å². The Bertz CT molecular complexity index is 989. The van der Waals surface area contributed by atoms with Gasteiger partial charge in [-0.25, -0.2) is 13.2 Å². The topological polar surface area (TPSA) is 63.5 Å². The molecule has 0 aliphatic carbocycles. The van der Waals surface area contributed by atoms with Crippen LogP contribution in [0.15, 0.2) is 59.5 Å². The van der Waals surface area contributed by atoms with Gasteiger partial charge in [0.15, 0.2) is 0 Å². The molecule has 0 bridgehead atoms. The monoisotopic (exact) mass is 399 g/mol. The number of nitrogens with zero attached hydrogens (tertiary/aromatic N) is 1. The third-order valence-corrected chi connectivity index (χ3v) is 7.21. The molecule has 1 aliphatic heterocycles. The molecule has 1 heterocycles. The second kappa shape index (κ2) is 7.89. The molecule has 0 aromatic heterocycles. The molecule has 1 fully saturated rings. The van der Waals surface area contributed by atoms with Crippen LogP contribution in [-0.4, -0.2) is 37.9 Å². The molecular weight excluding hydrogens is 374 g/mol. The molecular formula is C22H25NO4S. The molecule has 1 unspecified atom stereocenters. The molecule has 0 radical (unpaired) electrons. The summed E-state index contributed by atoms with van der Waals surface area (Å²) >= 11 is 0. The molecule has 1 aliphatic rings. The standard InChI is InChI=1S/C22H25NO4S/c1-15-12-16(2)22(17(3)13-15)28(25,26)23-19(10-11-21(24)27-4)20(23)14-18-8-6-5-7-9-18/h5-13,19-20H,14H2,1-4H3/b11-10+/t19-,20+,23?/m1/s1. The summed E-state index contributed by atoms with van der Waals surface area (Å²) in [6.07, 6.45) is 3.50. The number of sulfonamides is 1. The summed E-state index contributed by atoms with van der Waals surface area (Å²) < 4.78 is 33.0. The van der Waals surface area contributed by atoms with E-state index >= 15 is 0 Å². The lowest BCUT2D eigenvalue weighted by Crippen LogP contribution is -2.19. The molecule has 0 N–H and O–H groups in total. The molecule has 3 rings (SSSR count). The van der Waals surface area contributed by atoms with Gasteiger partial charge in [-0.1, -0.05) is 54.1 Å². The summed E-state index contributed by atoms with van der Waals surface area (Å²) in [7, 11) is -2.39. The second-order valence-corrected chi connectivity index (χ2v) is 8.97. The van der Waals surface area contributed by atoms with Gasteiger partial charge < -0.3 is 4.74 Å². The lowest BCUT2D eigenvalue weighted by molar-refractivity contribution is -0.134. The zero-order valence-corrected chi connectivity index (χ0v) is 17.4. The summed E-state index contributed by atoms with van der Waals surface area (Å²) in [6.45, 7) is 5.59. The molecule has 0 saturated carbocycles. The Morgan fingerprint density at radius 1 is 1.11 bits per heavy atom. The Labute approximate surface area is 166 Å². The van der Waals surface area contributed by atoms with Gasteiger partial charge in [-0.05, 0) is 43.9 Å². The first-order chi connectivity index (χ1) is 13.3. The van der Waals surface area contributed by atoms with E-state index in [-0.39, 0.29) is 12.1 Å². The number of aryl methyl sites for hydroxylation is 3. The zero-order chi connectivity index (χ0) is 20.5. The Balaban J connectivity index is 1.96. The van der Waals surface area contributed by atoms with Crippen LogP contribution >= 0.6 is 0 Å². The average Bonchev–Trinajstić information content (AvgIpc) is 3.32. The third-order valence-electron chi connectivity index (χ3n) is 4.98. The largest absolute Gasteiger partial charge is 0.466 e. The van der Waals surface area contributed by atoms with Crippen LogP contribution in [0.1, 0.15) is 22.3 Å². The minimum atomic E-state index is -3.69. The second-order valence-electron chi connectivity index (χ2n) is 7.19. The SMILES string of the molecule is COC(=O)/C=C/[C@@H]1[C@H](Cc2ccccc2)N1S(=O)(=O)c1c(C)cc(C)cc1C. The molecule has 1 saturated heterocycles. The quantitative estimate of drug-likeness (QED) is 0.425. The Morgan fingerprint density at radius 2 is 1.71 bits per heavy atom. The van der Waals surface area contributed by atoms with Crippen molar-refractivity contribution in [2.45, 2.75) is 44.2 Å². The fourth-order valence-corrected chi connectivity index (χ4v) is 5.99. The van der Waals surface area contributed by atoms with Crippen molar-refractivity contribution in [2.24, 2.45) is 0 Å². The summed E-state index contributed by atoms with van der Waals surface area (Å²) in [5.41, 5.74) is 3.55. The number of carbonyl (C=O) groups is 1. The van der Waals surface area contributed by atoms with Gasteiger partial charge in [0.2, 0.25) is 10.0 Å². The molecule has 3 atom stereocenters. The normalized spacial score (nSPS) is 21.6. The van der Waals surface area contributed by atoms with Gasteiger partial charge in [0.1, 0.15) is 0 Å². The average molecular weight is 400 g/mol. The summed E-state index contributed by atoms with van der Waals surface area (Å²) in [5, 5.41) is 0. The van der Waals surface area contributed by atoms with E-state index < -0.39 is 16.0 Å². The fourth-order valence-electron chi connectivity index (χ4n) is 3.82. The van der Waals surface area contributed by atoms with Crippen LogP contribution in [-0.2, 0) is 26.0 Å². The first-order valence-electron chi connectivity index (χ1n) is 9.17. The Kier molecular flexibility index (Phi) is 5.72. The van der Waals surface area contributed by atoms with Crippen LogP contribution in [0, 0.1) is 20.8 Å². The highest BCUT2D eigenvalue weighted by Gasteiger charge is 2.54. The van der Waals surface area contributed by atoms with Crippen molar-refractivity contribution in [3.05, 3.63) is 76.9 Å². The van der Waals surface area contributed by atoms with Crippen molar-refractivity contribution < 1.29 is 17.9 Å². The van der Waals surface area contributed by atoms with E-state index in [9.17, 15) is 13.2 Å². The van der Waals surface area contributed by atoms with Gasteiger partial charge in [-0.15, -0.1) is 0 Å². The van der Waals surface area contributed by atoms with Gasteiger partial charge >= 0.3 is 5.97 Å². The maximum atomic E-state index is 13.4. The van der Waals surface area contributed by atoms with Crippen molar-refractivity contribution in [1.82, 2.24) is 4.31 Å². The van der Waals surface area contributed by atoms with E-state index in [0.29, 0.717) is 11.3 Å². The van der Waals surface area contributed by atoms with Crippen LogP contribution in [0.4, 0.5) is 0 Å². The highest BCUT2D eigenvalue weighted by molar-refractivity contribution is 7.89. The number of hydrogen-bond acceptors (Lipinski definition) is 4. The molecule has 6 heteroatoms. The predicted molar refractivity (Wildman–Crippen MR) is 109 cm³/mol. The van der Waals surface area contributed by atoms with E-state index in [2.05, 4.69) is 4.74 Å². The van der Waals surface area contributed by atoms with Gasteiger partial charge in [0.25, 0.3) is 0 Å². The third kappa shape index (κ3) is 4.03. The van der Waals surface area contributed by atoms with Crippen LogP contribution in [0.5, 0.6) is 0 Å². The van der Waals surface area contributed by atoms with Crippen molar-refractivity contribution in [1.29, 1.82) is 0 Å². The number of methoxy groups -OCH3 is 1. The number of esters is 1. The molecule has 5 nitrogen and oxygen atoms in total. The zero-order valence-electron chi connectivity index (χ0n) is 16.5. The smallest absolute Gasteiger partial charge is 0.330 e. The summed E-state index contributed by atoms with van der Waals surface area (Å²) in [5.74, 6) is -0.495. The minimum absolute atomic E-state index is 0.228. The first-order valence-corrected chi connectivity index (χ1v) is 10.6. The number of benzene rings is 2.